The van der Waals surface area contributed by atoms with Gasteiger partial charge in [0.05, 0.1) is 5.39 Å². The summed E-state index contributed by atoms with van der Waals surface area (Å²) in [6, 6.07) is 9.45. The first-order valence-corrected chi connectivity index (χ1v) is 12.3. The van der Waals surface area contributed by atoms with Gasteiger partial charge in [-0.1, -0.05) is 55.4 Å². The third-order valence-electron chi connectivity index (χ3n) is 5.85. The second-order valence-corrected chi connectivity index (χ2v) is 10.0. The first kappa shape index (κ1) is 21.1. The summed E-state index contributed by atoms with van der Waals surface area (Å²) in [5.41, 5.74) is 7.79. The number of nitrogens with two attached hydrogens (primary N) is 1. The van der Waals surface area contributed by atoms with Crippen molar-refractivity contribution >= 4 is 39.2 Å². The number of benzene rings is 1. The van der Waals surface area contributed by atoms with Gasteiger partial charge in [-0.2, -0.15) is 0 Å². The van der Waals surface area contributed by atoms with E-state index in [0.717, 1.165) is 41.5 Å². The maximum Gasteiger partial charge on any atom is 0.263 e. The monoisotopic (exact) mass is 441 g/mol. The molecule has 5 nitrogen and oxygen atoms in total. The molecule has 0 bridgehead atoms. The van der Waals surface area contributed by atoms with Gasteiger partial charge in [-0.05, 0) is 50.2 Å². The van der Waals surface area contributed by atoms with Crippen LogP contribution in [0.25, 0.3) is 10.2 Å². The first-order chi connectivity index (χ1) is 14.5. The number of hydrogen-bond acceptors (Lipinski definition) is 5. The van der Waals surface area contributed by atoms with Crippen LogP contribution in [0.5, 0.6) is 0 Å². The number of rotatable bonds is 6. The molecular formula is C23H27N3O2S2. The minimum Gasteiger partial charge on any atom is -0.368 e. The molecule has 0 saturated carbocycles. The fraction of sp³-hybridized carbons (Fsp3) is 0.435. The van der Waals surface area contributed by atoms with Gasteiger partial charge in [0.25, 0.3) is 5.56 Å². The molecule has 2 atom stereocenters. The molecule has 0 aliphatic heterocycles. The Kier molecular flexibility index (Phi) is 6.29. The highest BCUT2D eigenvalue weighted by molar-refractivity contribution is 8.00. The third-order valence-corrected chi connectivity index (χ3v) is 8.28. The lowest BCUT2D eigenvalue weighted by Gasteiger charge is -2.20. The van der Waals surface area contributed by atoms with E-state index in [2.05, 4.69) is 6.92 Å². The van der Waals surface area contributed by atoms with Gasteiger partial charge < -0.3 is 5.73 Å². The van der Waals surface area contributed by atoms with E-state index in [4.69, 9.17) is 10.7 Å². The van der Waals surface area contributed by atoms with Crippen LogP contribution in [0.3, 0.4) is 0 Å². The van der Waals surface area contributed by atoms with Gasteiger partial charge in [0.2, 0.25) is 5.91 Å². The first-order valence-electron chi connectivity index (χ1n) is 10.6. The molecule has 30 heavy (non-hydrogen) atoms. The highest BCUT2D eigenvalue weighted by Gasteiger charge is 2.27. The Hall–Kier alpha value is -2.12. The van der Waals surface area contributed by atoms with Gasteiger partial charge in [0.1, 0.15) is 10.1 Å². The molecule has 0 unspecified atom stereocenters. The van der Waals surface area contributed by atoms with Crippen molar-refractivity contribution in [3.8, 4) is 0 Å². The van der Waals surface area contributed by atoms with E-state index in [1.54, 1.807) is 15.9 Å². The topological polar surface area (TPSA) is 78.0 Å². The largest absolute Gasteiger partial charge is 0.368 e. The molecular weight excluding hydrogens is 414 g/mol. The third kappa shape index (κ3) is 3.93. The highest BCUT2D eigenvalue weighted by atomic mass is 32.2. The second-order valence-electron chi connectivity index (χ2n) is 7.88. The Morgan fingerprint density at radius 1 is 1.23 bits per heavy atom. The zero-order chi connectivity index (χ0) is 21.3. The molecule has 2 N–H and O–H groups in total. The summed E-state index contributed by atoms with van der Waals surface area (Å²) >= 11 is 2.93. The van der Waals surface area contributed by atoms with Crippen molar-refractivity contribution in [2.75, 3.05) is 0 Å². The van der Waals surface area contributed by atoms with Crippen molar-refractivity contribution in [1.29, 1.82) is 0 Å². The zero-order valence-corrected chi connectivity index (χ0v) is 19.0. The number of hydrogen-bond donors (Lipinski definition) is 1. The number of fused-ring (bicyclic) bond motifs is 3. The van der Waals surface area contributed by atoms with Crippen molar-refractivity contribution in [1.82, 2.24) is 9.55 Å². The standard InChI is InChI=1S/C23H27N3O2S2/c1-3-14(2)26-22(28)18-16-12-8-5-9-13-17(16)29-21(18)25-23(26)30-19(20(24)27)15-10-6-4-7-11-15/h4,6-7,10-11,14,19H,3,5,8-9,12-13H2,1-2H3,(H2,24,27)/t14-,19+/m0/s1. The average molecular weight is 442 g/mol. The number of aryl methyl sites for hydroxylation is 2. The van der Waals surface area contributed by atoms with Crippen LogP contribution >= 0.6 is 23.1 Å². The van der Waals surface area contributed by atoms with Crippen LogP contribution in [0.1, 0.15) is 66.8 Å². The molecule has 2 aromatic heterocycles. The van der Waals surface area contributed by atoms with Crippen LogP contribution in [0.2, 0.25) is 0 Å². The lowest BCUT2D eigenvalue weighted by molar-refractivity contribution is -0.117. The smallest absolute Gasteiger partial charge is 0.263 e. The van der Waals surface area contributed by atoms with Crippen molar-refractivity contribution < 1.29 is 4.79 Å². The highest BCUT2D eigenvalue weighted by Crippen LogP contribution is 2.38. The molecule has 1 aromatic carbocycles. The molecule has 0 radical (unpaired) electrons. The Morgan fingerprint density at radius 3 is 2.67 bits per heavy atom. The van der Waals surface area contributed by atoms with Crippen LogP contribution in [-0.2, 0) is 17.6 Å². The molecule has 4 rings (SSSR count). The van der Waals surface area contributed by atoms with E-state index in [1.165, 1.54) is 35.0 Å². The predicted octanol–water partition coefficient (Wildman–Crippen LogP) is 5.02. The summed E-state index contributed by atoms with van der Waals surface area (Å²) in [5, 5.41) is 0.770. The number of amides is 1. The number of carbonyl (C=O) groups excluding carboxylic acids is 1. The van der Waals surface area contributed by atoms with Crippen molar-refractivity contribution in [3.05, 3.63) is 56.7 Å². The summed E-state index contributed by atoms with van der Waals surface area (Å²) in [5.74, 6) is -0.432. The number of thioether (sulfide) groups is 1. The van der Waals surface area contributed by atoms with Crippen molar-refractivity contribution in [2.24, 2.45) is 5.73 Å². The zero-order valence-electron chi connectivity index (χ0n) is 17.4. The van der Waals surface area contributed by atoms with Gasteiger partial charge in [0.15, 0.2) is 5.16 Å². The Labute approximate surface area is 184 Å². The fourth-order valence-electron chi connectivity index (χ4n) is 4.05. The molecule has 1 amide bonds. The number of carbonyl (C=O) groups is 1. The molecule has 0 saturated heterocycles. The van der Waals surface area contributed by atoms with Crippen LogP contribution < -0.4 is 11.3 Å². The molecule has 1 aliphatic rings. The maximum absolute atomic E-state index is 13.7. The molecule has 3 aromatic rings. The number of aromatic nitrogens is 2. The number of nitrogens with zero attached hydrogens (tertiary/aromatic N) is 2. The SMILES string of the molecule is CC[C@H](C)n1c(S[C@@H](C(N)=O)c2ccccc2)nc2sc3c(c2c1=O)CCCCC3. The second kappa shape index (κ2) is 8.94. The minimum absolute atomic E-state index is 0.0115. The lowest BCUT2D eigenvalue weighted by Crippen LogP contribution is -2.27. The van der Waals surface area contributed by atoms with Gasteiger partial charge in [-0.15, -0.1) is 11.3 Å². The van der Waals surface area contributed by atoms with Gasteiger partial charge in [-0.25, -0.2) is 4.98 Å². The van der Waals surface area contributed by atoms with Gasteiger partial charge in [-0.3, -0.25) is 14.2 Å². The average Bonchev–Trinajstić information content (AvgIpc) is 2.93. The molecule has 7 heteroatoms. The van der Waals surface area contributed by atoms with Crippen LogP contribution in [0, 0.1) is 0 Å². The van der Waals surface area contributed by atoms with Crippen LogP contribution in [0.4, 0.5) is 0 Å². The molecule has 0 fully saturated rings. The summed E-state index contributed by atoms with van der Waals surface area (Å²) in [4.78, 5) is 33.0. The van der Waals surface area contributed by atoms with E-state index in [-0.39, 0.29) is 11.6 Å². The Bertz CT molecular complexity index is 1120. The maximum atomic E-state index is 13.7. The van der Waals surface area contributed by atoms with Crippen LogP contribution in [0.15, 0.2) is 40.3 Å². The quantitative estimate of drug-likeness (QED) is 0.331. The van der Waals surface area contributed by atoms with Gasteiger partial charge >= 0.3 is 0 Å². The van der Waals surface area contributed by atoms with E-state index in [0.29, 0.717) is 5.16 Å². The summed E-state index contributed by atoms with van der Waals surface area (Å²) in [6.07, 6.45) is 6.28. The molecule has 0 spiro atoms. The van der Waals surface area contributed by atoms with Crippen molar-refractivity contribution in [3.63, 3.8) is 0 Å². The van der Waals surface area contributed by atoms with Crippen molar-refractivity contribution in [2.45, 2.75) is 68.8 Å². The lowest BCUT2D eigenvalue weighted by atomic mass is 10.1. The molecule has 1 aliphatic carbocycles. The number of thiophene rings is 1. The summed E-state index contributed by atoms with van der Waals surface area (Å²) in [6.45, 7) is 4.10. The predicted molar refractivity (Wildman–Crippen MR) is 124 cm³/mol. The summed E-state index contributed by atoms with van der Waals surface area (Å²) in [7, 11) is 0. The number of primary amides is 1. The Balaban J connectivity index is 1.88. The van der Waals surface area contributed by atoms with E-state index in [1.807, 2.05) is 37.3 Å². The van der Waals surface area contributed by atoms with Gasteiger partial charge in [0, 0.05) is 10.9 Å². The molecule has 2 heterocycles. The van der Waals surface area contributed by atoms with Crippen LogP contribution in [-0.4, -0.2) is 15.5 Å². The van der Waals surface area contributed by atoms with E-state index in [9.17, 15) is 9.59 Å². The Morgan fingerprint density at radius 2 is 1.97 bits per heavy atom. The van der Waals surface area contributed by atoms with E-state index < -0.39 is 11.2 Å². The normalized spacial score (nSPS) is 16.1. The fourth-order valence-corrected chi connectivity index (χ4v) is 6.50. The van der Waals surface area contributed by atoms with E-state index >= 15 is 0 Å². The summed E-state index contributed by atoms with van der Waals surface area (Å²) < 4.78 is 1.78. The minimum atomic E-state index is -0.594. The molecule has 158 valence electrons.